The van der Waals surface area contributed by atoms with Crippen molar-refractivity contribution in [3.63, 3.8) is 0 Å². The number of nitrogens with zero attached hydrogens (tertiary/aromatic N) is 3. The van der Waals surface area contributed by atoms with Gasteiger partial charge in [0.05, 0.1) is 24.5 Å². The molecule has 0 bridgehead atoms. The molecule has 2 heterocycles. The normalized spacial score (nSPS) is 13.9. The van der Waals surface area contributed by atoms with Crippen molar-refractivity contribution in [2.75, 3.05) is 25.2 Å². The molecule has 1 atom stereocenters. The molecule has 3 aromatic rings. The third-order valence-corrected chi connectivity index (χ3v) is 7.33. The number of hydrogen-bond donors (Lipinski definition) is 3. The van der Waals surface area contributed by atoms with Crippen LogP contribution in [0.15, 0.2) is 48.5 Å². The smallest absolute Gasteiger partial charge is 0.356 e. The molecule has 0 saturated carbocycles. The molecule has 2 aromatic carbocycles. The number of aromatic amines is 1. The number of nitrogens with one attached hydrogen (secondary N) is 2. The third-order valence-electron chi connectivity index (χ3n) is 6.36. The molecule has 1 aromatic heterocycles. The summed E-state index contributed by atoms with van der Waals surface area (Å²) in [6.45, 7) is 0.998. The molecule has 0 spiro atoms. The van der Waals surface area contributed by atoms with Gasteiger partial charge in [0, 0.05) is 37.6 Å². The van der Waals surface area contributed by atoms with E-state index >= 15 is 0 Å². The molecule has 1 aliphatic heterocycles. The summed E-state index contributed by atoms with van der Waals surface area (Å²) in [7, 11) is -2.80. The Kier molecular flexibility index (Phi) is 9.41. The van der Waals surface area contributed by atoms with E-state index in [0.717, 1.165) is 60.1 Å². The van der Waals surface area contributed by atoms with E-state index in [0.29, 0.717) is 19.5 Å². The van der Waals surface area contributed by atoms with Gasteiger partial charge in [0.15, 0.2) is 0 Å². The first-order valence-corrected chi connectivity index (χ1v) is 14.1. The molecular weight excluding hydrogens is 509 g/mol. The van der Waals surface area contributed by atoms with Crippen LogP contribution in [0.4, 0.5) is 5.69 Å². The highest BCUT2D eigenvalue weighted by Crippen LogP contribution is 2.42. The Morgan fingerprint density at radius 3 is 2.61 bits per heavy atom. The van der Waals surface area contributed by atoms with Gasteiger partial charge in [0.25, 0.3) is 0 Å². The molecular formula is C26H32N5O6P. The SMILES string of the molecule is COP(=O)(O)OCCCCCCNC(=O)CCC(=O)N1Cc2ccccc2-c2nn[nH]c2-c2ccccc21. The Balaban J connectivity index is 1.30. The second kappa shape index (κ2) is 12.9. The summed E-state index contributed by atoms with van der Waals surface area (Å²) in [6, 6.07) is 15.4. The van der Waals surface area contributed by atoms with Gasteiger partial charge in [-0.2, -0.15) is 0 Å². The fourth-order valence-electron chi connectivity index (χ4n) is 4.38. The van der Waals surface area contributed by atoms with Gasteiger partial charge in [0.1, 0.15) is 5.69 Å². The summed E-state index contributed by atoms with van der Waals surface area (Å²) in [5.41, 5.74) is 4.93. The molecule has 12 heteroatoms. The van der Waals surface area contributed by atoms with Crippen LogP contribution in [0.1, 0.15) is 44.1 Å². The van der Waals surface area contributed by atoms with E-state index in [2.05, 4.69) is 25.3 Å². The number of rotatable bonds is 12. The fraction of sp³-hybridized carbons (Fsp3) is 0.385. The maximum absolute atomic E-state index is 13.4. The Bertz CT molecular complexity index is 1310. The first kappa shape index (κ1) is 27.7. The van der Waals surface area contributed by atoms with Crippen molar-refractivity contribution in [3.05, 3.63) is 54.1 Å². The minimum atomic E-state index is -3.92. The Morgan fingerprint density at radius 1 is 1.05 bits per heavy atom. The number of benzene rings is 2. The van der Waals surface area contributed by atoms with E-state index in [9.17, 15) is 19.0 Å². The number of fused-ring (bicyclic) bond motifs is 5. The number of hydrogen-bond acceptors (Lipinski definition) is 7. The summed E-state index contributed by atoms with van der Waals surface area (Å²) in [5.74, 6) is -0.320. The van der Waals surface area contributed by atoms with Crippen molar-refractivity contribution in [3.8, 4) is 22.5 Å². The summed E-state index contributed by atoms with van der Waals surface area (Å²) in [4.78, 5) is 36.7. The number of carbonyl (C=O) groups excluding carboxylic acids is 2. The molecule has 0 saturated heterocycles. The van der Waals surface area contributed by atoms with E-state index in [1.807, 2.05) is 48.5 Å². The van der Waals surface area contributed by atoms with Gasteiger partial charge in [-0.05, 0) is 24.5 Å². The van der Waals surface area contributed by atoms with Crippen molar-refractivity contribution in [2.45, 2.75) is 45.1 Å². The second-order valence-electron chi connectivity index (χ2n) is 8.94. The predicted molar refractivity (Wildman–Crippen MR) is 142 cm³/mol. The summed E-state index contributed by atoms with van der Waals surface area (Å²) < 4.78 is 20.3. The monoisotopic (exact) mass is 541 g/mol. The zero-order valence-corrected chi connectivity index (χ0v) is 22.2. The van der Waals surface area contributed by atoms with Crippen molar-refractivity contribution < 1.29 is 28.1 Å². The molecule has 4 rings (SSSR count). The zero-order chi connectivity index (χ0) is 27.0. The van der Waals surface area contributed by atoms with Crippen LogP contribution >= 0.6 is 7.82 Å². The van der Waals surface area contributed by atoms with E-state index < -0.39 is 7.82 Å². The van der Waals surface area contributed by atoms with Gasteiger partial charge in [0.2, 0.25) is 11.8 Å². The van der Waals surface area contributed by atoms with Gasteiger partial charge >= 0.3 is 7.82 Å². The quantitative estimate of drug-likeness (QED) is 0.228. The lowest BCUT2D eigenvalue weighted by molar-refractivity contribution is -0.125. The second-order valence-corrected chi connectivity index (χ2v) is 10.5. The number of H-pyrrole nitrogens is 1. The number of anilines is 1. The molecule has 1 unspecified atom stereocenters. The average molecular weight is 542 g/mol. The maximum atomic E-state index is 13.4. The lowest BCUT2D eigenvalue weighted by Crippen LogP contribution is -2.33. The van der Waals surface area contributed by atoms with Crippen LogP contribution in [0.25, 0.3) is 22.5 Å². The largest absolute Gasteiger partial charge is 0.471 e. The molecule has 0 radical (unpaired) electrons. The first-order valence-electron chi connectivity index (χ1n) is 12.6. The van der Waals surface area contributed by atoms with Crippen LogP contribution in [0.2, 0.25) is 0 Å². The first-order chi connectivity index (χ1) is 18.4. The number of amides is 2. The highest BCUT2D eigenvalue weighted by Gasteiger charge is 2.27. The molecule has 2 amide bonds. The van der Waals surface area contributed by atoms with Gasteiger partial charge < -0.3 is 15.1 Å². The van der Waals surface area contributed by atoms with Crippen LogP contribution in [0.5, 0.6) is 0 Å². The lowest BCUT2D eigenvalue weighted by Gasteiger charge is -2.28. The Morgan fingerprint density at radius 2 is 1.79 bits per heavy atom. The van der Waals surface area contributed by atoms with Crippen molar-refractivity contribution in [1.29, 1.82) is 0 Å². The minimum Gasteiger partial charge on any atom is -0.356 e. The highest BCUT2D eigenvalue weighted by molar-refractivity contribution is 7.47. The van der Waals surface area contributed by atoms with Crippen LogP contribution in [-0.2, 0) is 29.7 Å². The van der Waals surface area contributed by atoms with Crippen LogP contribution in [0.3, 0.4) is 0 Å². The van der Waals surface area contributed by atoms with E-state index in [4.69, 9.17) is 4.52 Å². The van der Waals surface area contributed by atoms with Crippen molar-refractivity contribution >= 4 is 25.3 Å². The van der Waals surface area contributed by atoms with Crippen LogP contribution < -0.4 is 10.2 Å². The lowest BCUT2D eigenvalue weighted by atomic mass is 9.95. The molecule has 3 N–H and O–H groups in total. The summed E-state index contributed by atoms with van der Waals surface area (Å²) in [6.07, 6.45) is 3.17. The number of unbranched alkanes of at least 4 members (excludes halogenated alkanes) is 3. The number of aromatic nitrogens is 3. The number of phosphoric acid groups is 1. The van der Waals surface area contributed by atoms with Gasteiger partial charge in [-0.15, -0.1) is 5.10 Å². The molecule has 1 aliphatic rings. The number of phosphoric ester groups is 1. The molecule has 202 valence electrons. The standard InChI is InChI=1S/C26H32N5O6P/c1-36-38(34,35)37-17-9-3-2-8-16-27-23(32)14-15-24(33)31-18-19-10-4-5-11-20(19)25-26(29-30-28-25)21-12-6-7-13-22(21)31/h4-7,10-13H,2-3,8-9,14-18H2,1H3,(H,27,32)(H,34,35)(H,28,29,30). The predicted octanol–water partition coefficient (Wildman–Crippen LogP) is 4.21. The topological polar surface area (TPSA) is 147 Å². The van der Waals surface area contributed by atoms with E-state index in [1.54, 1.807) is 4.90 Å². The summed E-state index contributed by atoms with van der Waals surface area (Å²) >= 11 is 0. The highest BCUT2D eigenvalue weighted by atomic mass is 31.2. The van der Waals surface area contributed by atoms with Crippen molar-refractivity contribution in [1.82, 2.24) is 20.7 Å². The van der Waals surface area contributed by atoms with Gasteiger partial charge in [-0.3, -0.25) is 23.7 Å². The fourth-order valence-corrected chi connectivity index (χ4v) is 4.84. The molecule has 0 aliphatic carbocycles. The van der Waals surface area contributed by atoms with Gasteiger partial charge in [-0.25, -0.2) is 4.57 Å². The van der Waals surface area contributed by atoms with Crippen LogP contribution in [0, 0.1) is 0 Å². The molecule has 11 nitrogen and oxygen atoms in total. The third kappa shape index (κ3) is 6.93. The van der Waals surface area contributed by atoms with E-state index in [-0.39, 0.29) is 31.3 Å². The zero-order valence-electron chi connectivity index (χ0n) is 21.3. The summed E-state index contributed by atoms with van der Waals surface area (Å²) in [5, 5.41) is 14.2. The average Bonchev–Trinajstić information content (AvgIpc) is 3.40. The maximum Gasteiger partial charge on any atom is 0.471 e. The molecule has 0 fully saturated rings. The number of para-hydroxylation sites is 1. The Labute approximate surface area is 221 Å². The Hall–Kier alpha value is -3.37. The van der Waals surface area contributed by atoms with Gasteiger partial charge in [-0.1, -0.05) is 60.5 Å². The van der Waals surface area contributed by atoms with Crippen molar-refractivity contribution in [2.24, 2.45) is 0 Å². The number of carbonyl (C=O) groups is 2. The molecule has 38 heavy (non-hydrogen) atoms. The van der Waals surface area contributed by atoms with Crippen LogP contribution in [-0.4, -0.2) is 52.4 Å². The minimum absolute atomic E-state index is 0.0778. The van der Waals surface area contributed by atoms with E-state index in [1.165, 1.54) is 0 Å².